The highest BCUT2D eigenvalue weighted by atomic mass is 16.2. The minimum Gasteiger partial charge on any atom is -0.353 e. The van der Waals surface area contributed by atoms with Crippen molar-refractivity contribution in [2.75, 3.05) is 25.0 Å². The molecule has 1 aromatic rings. The Balaban J connectivity index is 2.02. The second kappa shape index (κ2) is 5.71. The molecule has 1 aliphatic heterocycles. The number of amides is 3. The van der Waals surface area contributed by atoms with Gasteiger partial charge in [-0.05, 0) is 24.6 Å². The lowest BCUT2D eigenvalue weighted by atomic mass is 10.1. The fraction of sp³-hybridized carbons (Fsp3) is 0.385. The Morgan fingerprint density at radius 2 is 2.32 bits per heavy atom. The lowest BCUT2D eigenvalue weighted by molar-refractivity contribution is -0.123. The first-order valence-electron chi connectivity index (χ1n) is 6.24. The van der Waals surface area contributed by atoms with Crippen LogP contribution in [0.5, 0.6) is 0 Å². The number of piperazine rings is 1. The van der Waals surface area contributed by atoms with Crippen LogP contribution >= 0.6 is 0 Å². The fourth-order valence-electron chi connectivity index (χ4n) is 1.91. The summed E-state index contributed by atoms with van der Waals surface area (Å²) >= 11 is 0. The van der Waals surface area contributed by atoms with E-state index in [1.54, 1.807) is 6.07 Å². The van der Waals surface area contributed by atoms with Crippen molar-refractivity contribution in [1.29, 1.82) is 0 Å². The normalized spacial score (nSPS) is 16.7. The van der Waals surface area contributed by atoms with Crippen molar-refractivity contribution >= 4 is 17.6 Å². The quantitative estimate of drug-likeness (QED) is 0.732. The van der Waals surface area contributed by atoms with E-state index >= 15 is 0 Å². The molecule has 1 saturated heterocycles. The Bertz CT molecular complexity index is 487. The van der Waals surface area contributed by atoms with Gasteiger partial charge in [0.25, 0.3) is 0 Å². The SMILES string of the molecule is CC(N)c1cccc(NC(=O)N2CCNC(=O)C2)c1. The molecule has 3 amide bonds. The standard InChI is InChI=1S/C13H18N4O2/c1-9(14)10-3-2-4-11(7-10)16-13(19)17-6-5-15-12(18)8-17/h2-4,7,9H,5-6,8,14H2,1H3,(H,15,18)(H,16,19). The highest BCUT2D eigenvalue weighted by molar-refractivity contribution is 5.93. The van der Waals surface area contributed by atoms with Crippen LogP contribution in [0.4, 0.5) is 10.5 Å². The molecule has 19 heavy (non-hydrogen) atoms. The van der Waals surface area contributed by atoms with Gasteiger partial charge in [-0.25, -0.2) is 4.79 Å². The molecule has 6 heteroatoms. The van der Waals surface area contributed by atoms with Gasteiger partial charge >= 0.3 is 6.03 Å². The Labute approximate surface area is 112 Å². The Kier molecular flexibility index (Phi) is 4.01. The monoisotopic (exact) mass is 262 g/mol. The summed E-state index contributed by atoms with van der Waals surface area (Å²) < 4.78 is 0. The van der Waals surface area contributed by atoms with Gasteiger partial charge in [-0.1, -0.05) is 12.1 Å². The first kappa shape index (κ1) is 13.4. The van der Waals surface area contributed by atoms with Crippen LogP contribution in [-0.2, 0) is 4.79 Å². The second-order valence-corrected chi connectivity index (χ2v) is 4.62. The summed E-state index contributed by atoms with van der Waals surface area (Å²) in [7, 11) is 0. The zero-order chi connectivity index (χ0) is 13.8. The Hall–Kier alpha value is -2.08. The maximum absolute atomic E-state index is 12.0. The summed E-state index contributed by atoms with van der Waals surface area (Å²) in [6.07, 6.45) is 0. The Morgan fingerprint density at radius 1 is 1.53 bits per heavy atom. The van der Waals surface area contributed by atoms with Crippen molar-refractivity contribution in [3.05, 3.63) is 29.8 Å². The number of urea groups is 1. The van der Waals surface area contributed by atoms with Crippen LogP contribution in [0.1, 0.15) is 18.5 Å². The molecule has 4 N–H and O–H groups in total. The fourth-order valence-corrected chi connectivity index (χ4v) is 1.91. The number of rotatable bonds is 2. The first-order valence-corrected chi connectivity index (χ1v) is 6.24. The van der Waals surface area contributed by atoms with E-state index in [-0.39, 0.29) is 24.5 Å². The number of nitrogens with one attached hydrogen (secondary N) is 2. The van der Waals surface area contributed by atoms with Gasteiger partial charge in [-0.2, -0.15) is 0 Å². The molecule has 2 rings (SSSR count). The molecule has 6 nitrogen and oxygen atoms in total. The average molecular weight is 262 g/mol. The number of anilines is 1. The van der Waals surface area contributed by atoms with Crippen LogP contribution in [0.25, 0.3) is 0 Å². The number of carbonyl (C=O) groups excluding carboxylic acids is 2. The van der Waals surface area contributed by atoms with Crippen LogP contribution in [0, 0.1) is 0 Å². The first-order chi connectivity index (χ1) is 9.06. The van der Waals surface area contributed by atoms with Gasteiger partial charge in [0.15, 0.2) is 0 Å². The summed E-state index contributed by atoms with van der Waals surface area (Å²) in [5.41, 5.74) is 7.44. The van der Waals surface area contributed by atoms with Gasteiger partial charge < -0.3 is 21.3 Å². The van der Waals surface area contributed by atoms with Crippen molar-refractivity contribution in [2.24, 2.45) is 5.73 Å². The second-order valence-electron chi connectivity index (χ2n) is 4.62. The molecule has 1 aromatic carbocycles. The molecule has 0 aromatic heterocycles. The maximum atomic E-state index is 12.0. The number of nitrogens with zero attached hydrogens (tertiary/aromatic N) is 1. The van der Waals surface area contributed by atoms with Gasteiger partial charge in [-0.3, -0.25) is 4.79 Å². The van der Waals surface area contributed by atoms with E-state index in [9.17, 15) is 9.59 Å². The molecule has 1 atom stereocenters. The smallest absolute Gasteiger partial charge is 0.322 e. The topological polar surface area (TPSA) is 87.5 Å². The van der Waals surface area contributed by atoms with E-state index in [1.807, 2.05) is 25.1 Å². The van der Waals surface area contributed by atoms with Crippen LogP contribution < -0.4 is 16.4 Å². The predicted molar refractivity (Wildman–Crippen MR) is 72.6 cm³/mol. The molecule has 0 spiro atoms. The minimum absolute atomic E-state index is 0.0855. The van der Waals surface area contributed by atoms with Crippen LogP contribution in [-0.4, -0.2) is 36.5 Å². The Morgan fingerprint density at radius 3 is 3.00 bits per heavy atom. The summed E-state index contributed by atoms with van der Waals surface area (Å²) in [6.45, 7) is 2.99. The van der Waals surface area contributed by atoms with Gasteiger partial charge in [0.1, 0.15) is 6.54 Å². The van der Waals surface area contributed by atoms with Gasteiger partial charge in [-0.15, -0.1) is 0 Å². The highest BCUT2D eigenvalue weighted by Gasteiger charge is 2.20. The van der Waals surface area contributed by atoms with Crippen LogP contribution in [0.2, 0.25) is 0 Å². The van der Waals surface area contributed by atoms with E-state index in [0.717, 1.165) is 5.56 Å². The van der Waals surface area contributed by atoms with Crippen molar-refractivity contribution in [3.8, 4) is 0 Å². The lowest BCUT2D eigenvalue weighted by Gasteiger charge is -2.26. The van der Waals surface area contributed by atoms with Crippen molar-refractivity contribution in [3.63, 3.8) is 0 Å². The largest absolute Gasteiger partial charge is 0.353 e. The molecule has 1 unspecified atom stereocenters. The molecule has 0 saturated carbocycles. The van der Waals surface area contributed by atoms with Crippen LogP contribution in [0.15, 0.2) is 24.3 Å². The molecule has 102 valence electrons. The molecule has 0 bridgehead atoms. The van der Waals surface area contributed by atoms with E-state index in [2.05, 4.69) is 10.6 Å². The van der Waals surface area contributed by atoms with E-state index in [4.69, 9.17) is 5.73 Å². The summed E-state index contributed by atoms with van der Waals surface area (Å²) in [4.78, 5) is 24.7. The number of hydrogen-bond acceptors (Lipinski definition) is 3. The minimum atomic E-state index is -0.267. The summed E-state index contributed by atoms with van der Waals surface area (Å²) in [5.74, 6) is -0.134. The van der Waals surface area contributed by atoms with Gasteiger partial charge in [0, 0.05) is 24.8 Å². The molecular weight excluding hydrogens is 244 g/mol. The van der Waals surface area contributed by atoms with E-state index in [1.165, 1.54) is 4.90 Å². The van der Waals surface area contributed by atoms with E-state index < -0.39 is 0 Å². The maximum Gasteiger partial charge on any atom is 0.322 e. The third kappa shape index (κ3) is 3.45. The number of hydrogen-bond donors (Lipinski definition) is 3. The molecule has 0 radical (unpaired) electrons. The summed E-state index contributed by atoms with van der Waals surface area (Å²) in [6, 6.07) is 7.04. The predicted octanol–water partition coefficient (Wildman–Crippen LogP) is 0.670. The van der Waals surface area contributed by atoms with Crippen molar-refractivity contribution < 1.29 is 9.59 Å². The third-order valence-corrected chi connectivity index (χ3v) is 2.99. The zero-order valence-corrected chi connectivity index (χ0v) is 10.8. The number of nitrogens with two attached hydrogens (primary N) is 1. The summed E-state index contributed by atoms with van der Waals surface area (Å²) in [5, 5.41) is 5.46. The number of carbonyl (C=O) groups is 2. The molecule has 0 aliphatic carbocycles. The number of benzene rings is 1. The van der Waals surface area contributed by atoms with E-state index in [0.29, 0.717) is 18.8 Å². The van der Waals surface area contributed by atoms with Crippen molar-refractivity contribution in [2.45, 2.75) is 13.0 Å². The van der Waals surface area contributed by atoms with Gasteiger partial charge in [0.2, 0.25) is 5.91 Å². The molecule has 1 heterocycles. The van der Waals surface area contributed by atoms with Crippen LogP contribution in [0.3, 0.4) is 0 Å². The zero-order valence-electron chi connectivity index (χ0n) is 10.8. The third-order valence-electron chi connectivity index (χ3n) is 2.99. The molecule has 1 aliphatic rings. The van der Waals surface area contributed by atoms with Gasteiger partial charge in [0.05, 0.1) is 0 Å². The van der Waals surface area contributed by atoms with Crippen molar-refractivity contribution in [1.82, 2.24) is 10.2 Å². The highest BCUT2D eigenvalue weighted by Crippen LogP contribution is 2.16. The lowest BCUT2D eigenvalue weighted by Crippen LogP contribution is -2.51. The molecular formula is C13H18N4O2. The average Bonchev–Trinajstić information content (AvgIpc) is 2.39. The molecule has 1 fully saturated rings.